The second-order valence-electron chi connectivity index (χ2n) is 5.55. The molecule has 25 heavy (non-hydrogen) atoms. The molecule has 4 aromatic rings. The molecule has 2 N–H and O–H groups in total. The fourth-order valence-corrected chi connectivity index (χ4v) is 2.59. The summed E-state index contributed by atoms with van der Waals surface area (Å²) < 4.78 is 1.50. The standard InChI is InChI=1S/C18H14N6O/c19-16-5-3-13(9-22-16)12-2-4-15-14(8-12)18(25)24(11-23-15)10-17-20-6-1-7-21-17/h1-9,11H,10H2,(H2,19,22). The van der Waals surface area contributed by atoms with E-state index in [1.807, 2.05) is 24.3 Å². The molecule has 0 fully saturated rings. The average molecular weight is 330 g/mol. The van der Waals surface area contributed by atoms with E-state index in [9.17, 15) is 4.79 Å². The van der Waals surface area contributed by atoms with E-state index in [-0.39, 0.29) is 12.1 Å². The third-order valence-electron chi connectivity index (χ3n) is 3.87. The van der Waals surface area contributed by atoms with Gasteiger partial charge in [0.1, 0.15) is 11.6 Å². The molecular formula is C18H14N6O. The van der Waals surface area contributed by atoms with Gasteiger partial charge in [-0.1, -0.05) is 6.07 Å². The Hall–Kier alpha value is -3.61. The summed E-state index contributed by atoms with van der Waals surface area (Å²) in [5.41, 5.74) is 7.90. The Morgan fingerprint density at radius 1 is 0.960 bits per heavy atom. The van der Waals surface area contributed by atoms with Crippen LogP contribution in [0.3, 0.4) is 0 Å². The highest BCUT2D eigenvalue weighted by Crippen LogP contribution is 2.22. The molecule has 3 aromatic heterocycles. The summed E-state index contributed by atoms with van der Waals surface area (Å²) in [4.78, 5) is 29.6. The van der Waals surface area contributed by atoms with Gasteiger partial charge in [-0.3, -0.25) is 9.36 Å². The van der Waals surface area contributed by atoms with Gasteiger partial charge in [-0.2, -0.15) is 0 Å². The molecule has 7 heteroatoms. The maximum absolute atomic E-state index is 12.8. The van der Waals surface area contributed by atoms with Crippen LogP contribution in [0.4, 0.5) is 5.82 Å². The Labute approximate surface area is 142 Å². The highest BCUT2D eigenvalue weighted by molar-refractivity contribution is 5.83. The molecule has 0 unspecified atom stereocenters. The van der Waals surface area contributed by atoms with Gasteiger partial charge in [0.2, 0.25) is 0 Å². The smallest absolute Gasteiger partial charge is 0.261 e. The number of nitrogens with two attached hydrogens (primary N) is 1. The molecule has 0 bridgehead atoms. The fourth-order valence-electron chi connectivity index (χ4n) is 2.59. The lowest BCUT2D eigenvalue weighted by molar-refractivity contribution is 0.706. The van der Waals surface area contributed by atoms with Crippen molar-refractivity contribution >= 4 is 16.7 Å². The van der Waals surface area contributed by atoms with Gasteiger partial charge in [0.05, 0.1) is 23.8 Å². The molecule has 4 rings (SSSR count). The third kappa shape index (κ3) is 2.94. The van der Waals surface area contributed by atoms with Gasteiger partial charge in [0.25, 0.3) is 5.56 Å². The number of hydrogen-bond donors (Lipinski definition) is 1. The zero-order valence-corrected chi connectivity index (χ0v) is 13.2. The lowest BCUT2D eigenvalue weighted by Gasteiger charge is -2.07. The molecule has 0 atom stereocenters. The highest BCUT2D eigenvalue weighted by atomic mass is 16.1. The van der Waals surface area contributed by atoms with Crippen LogP contribution in [-0.2, 0) is 6.54 Å². The normalized spacial score (nSPS) is 10.9. The lowest BCUT2D eigenvalue weighted by Crippen LogP contribution is -2.22. The molecule has 0 aliphatic carbocycles. The molecule has 3 heterocycles. The van der Waals surface area contributed by atoms with Gasteiger partial charge in [-0.05, 0) is 35.9 Å². The molecule has 0 saturated heterocycles. The lowest BCUT2D eigenvalue weighted by atomic mass is 10.1. The summed E-state index contributed by atoms with van der Waals surface area (Å²) in [6.07, 6.45) is 6.50. The van der Waals surface area contributed by atoms with Crippen LogP contribution in [0.2, 0.25) is 0 Å². The van der Waals surface area contributed by atoms with Crippen LogP contribution in [-0.4, -0.2) is 24.5 Å². The van der Waals surface area contributed by atoms with E-state index in [0.717, 1.165) is 11.1 Å². The number of aromatic nitrogens is 5. The van der Waals surface area contributed by atoms with Gasteiger partial charge in [0.15, 0.2) is 0 Å². The topological polar surface area (TPSA) is 99.6 Å². The Morgan fingerprint density at radius 3 is 2.52 bits per heavy atom. The van der Waals surface area contributed by atoms with Crippen LogP contribution in [0.1, 0.15) is 5.82 Å². The number of nitrogen functional groups attached to an aromatic ring is 1. The van der Waals surface area contributed by atoms with Crippen molar-refractivity contribution in [2.24, 2.45) is 0 Å². The summed E-state index contributed by atoms with van der Waals surface area (Å²) in [5.74, 6) is 1.01. The van der Waals surface area contributed by atoms with Crippen LogP contribution >= 0.6 is 0 Å². The molecule has 0 spiro atoms. The van der Waals surface area contributed by atoms with Crippen molar-refractivity contribution in [3.05, 3.63) is 77.5 Å². The van der Waals surface area contributed by atoms with E-state index < -0.39 is 0 Å². The molecule has 0 aliphatic rings. The Kier molecular flexibility index (Phi) is 3.66. The highest BCUT2D eigenvalue weighted by Gasteiger charge is 2.08. The minimum absolute atomic E-state index is 0.136. The number of hydrogen-bond acceptors (Lipinski definition) is 6. The zero-order chi connectivity index (χ0) is 17.2. The molecule has 0 amide bonds. The SMILES string of the molecule is Nc1ccc(-c2ccc3ncn(Cc4ncccn4)c(=O)c3c2)cn1. The predicted octanol–water partition coefficient (Wildman–Crippen LogP) is 1.88. The van der Waals surface area contributed by atoms with Gasteiger partial charge in [0, 0.05) is 24.2 Å². The Balaban J connectivity index is 1.79. The maximum Gasteiger partial charge on any atom is 0.261 e. The van der Waals surface area contributed by atoms with E-state index in [1.54, 1.807) is 30.7 Å². The monoisotopic (exact) mass is 330 g/mol. The summed E-state index contributed by atoms with van der Waals surface area (Å²) in [6, 6.07) is 10.9. The molecule has 0 saturated carbocycles. The number of anilines is 1. The van der Waals surface area contributed by atoms with Crippen molar-refractivity contribution in [3.63, 3.8) is 0 Å². The zero-order valence-electron chi connectivity index (χ0n) is 13.2. The van der Waals surface area contributed by atoms with Crippen molar-refractivity contribution in [2.45, 2.75) is 6.54 Å². The number of rotatable bonds is 3. The van der Waals surface area contributed by atoms with Crippen LogP contribution in [0.15, 0.2) is 66.1 Å². The molecule has 0 radical (unpaired) electrons. The van der Waals surface area contributed by atoms with Crippen molar-refractivity contribution in [1.29, 1.82) is 0 Å². The molecule has 7 nitrogen and oxygen atoms in total. The first-order chi connectivity index (χ1) is 12.2. The minimum atomic E-state index is -0.136. The maximum atomic E-state index is 12.8. The quantitative estimate of drug-likeness (QED) is 0.615. The molecular weight excluding hydrogens is 316 g/mol. The molecule has 1 aromatic carbocycles. The van der Waals surface area contributed by atoms with Crippen LogP contribution in [0.25, 0.3) is 22.0 Å². The summed E-state index contributed by atoms with van der Waals surface area (Å²) in [7, 11) is 0. The predicted molar refractivity (Wildman–Crippen MR) is 94.8 cm³/mol. The minimum Gasteiger partial charge on any atom is -0.384 e. The van der Waals surface area contributed by atoms with Crippen LogP contribution < -0.4 is 11.3 Å². The second-order valence-corrected chi connectivity index (χ2v) is 5.55. The summed E-state index contributed by atoms with van der Waals surface area (Å²) in [5, 5.41) is 0.535. The van der Waals surface area contributed by atoms with Crippen molar-refractivity contribution in [3.8, 4) is 11.1 Å². The summed E-state index contributed by atoms with van der Waals surface area (Å²) >= 11 is 0. The van der Waals surface area contributed by atoms with Crippen molar-refractivity contribution in [1.82, 2.24) is 24.5 Å². The van der Waals surface area contributed by atoms with E-state index in [2.05, 4.69) is 19.9 Å². The molecule has 122 valence electrons. The fraction of sp³-hybridized carbons (Fsp3) is 0.0556. The second kappa shape index (κ2) is 6.12. The summed E-state index contributed by atoms with van der Waals surface area (Å²) in [6.45, 7) is 0.274. The van der Waals surface area contributed by atoms with Gasteiger partial charge < -0.3 is 5.73 Å². The third-order valence-corrected chi connectivity index (χ3v) is 3.87. The number of pyridine rings is 1. The largest absolute Gasteiger partial charge is 0.384 e. The van der Waals surface area contributed by atoms with Gasteiger partial charge >= 0.3 is 0 Å². The Bertz CT molecular complexity index is 1090. The van der Waals surface area contributed by atoms with E-state index in [4.69, 9.17) is 5.73 Å². The van der Waals surface area contributed by atoms with Gasteiger partial charge in [-0.25, -0.2) is 19.9 Å². The Morgan fingerprint density at radius 2 is 1.76 bits per heavy atom. The van der Waals surface area contributed by atoms with Crippen LogP contribution in [0, 0.1) is 0 Å². The van der Waals surface area contributed by atoms with Gasteiger partial charge in [-0.15, -0.1) is 0 Å². The first-order valence-electron chi connectivity index (χ1n) is 7.68. The van der Waals surface area contributed by atoms with E-state index >= 15 is 0 Å². The van der Waals surface area contributed by atoms with E-state index in [0.29, 0.717) is 22.5 Å². The first-order valence-corrected chi connectivity index (χ1v) is 7.68. The number of benzene rings is 1. The van der Waals surface area contributed by atoms with Crippen LogP contribution in [0.5, 0.6) is 0 Å². The molecule has 0 aliphatic heterocycles. The van der Waals surface area contributed by atoms with Crippen molar-refractivity contribution < 1.29 is 0 Å². The van der Waals surface area contributed by atoms with Crippen molar-refractivity contribution in [2.75, 3.05) is 5.73 Å². The first kappa shape index (κ1) is 14.9. The van der Waals surface area contributed by atoms with E-state index in [1.165, 1.54) is 10.9 Å². The average Bonchev–Trinajstić information content (AvgIpc) is 2.65. The number of fused-ring (bicyclic) bond motifs is 1. The number of nitrogens with zero attached hydrogens (tertiary/aromatic N) is 5.